The minimum absolute atomic E-state index is 0. The monoisotopic (exact) mass is 352 g/mol. The van der Waals surface area contributed by atoms with Crippen molar-refractivity contribution in [3.05, 3.63) is 23.8 Å². The van der Waals surface area contributed by atoms with Crippen molar-refractivity contribution in [3.8, 4) is 11.5 Å². The zero-order chi connectivity index (χ0) is 15.6. The Bertz CT molecular complexity index is 582. The second-order valence-corrected chi connectivity index (χ2v) is 6.66. The molecule has 0 bridgehead atoms. The molecule has 0 aliphatic carbocycles. The van der Waals surface area contributed by atoms with E-state index in [-0.39, 0.29) is 18.3 Å². The Labute approximate surface area is 149 Å². The third-order valence-corrected chi connectivity index (χ3v) is 5.29. The lowest BCUT2D eigenvalue weighted by atomic mass is 9.88. The maximum absolute atomic E-state index is 12.9. The first-order valence-corrected chi connectivity index (χ1v) is 8.74. The number of nitrogens with zero attached hydrogens (tertiary/aromatic N) is 1. The lowest BCUT2D eigenvalue weighted by Gasteiger charge is -2.35. The van der Waals surface area contributed by atoms with E-state index in [0.717, 1.165) is 32.5 Å². The van der Waals surface area contributed by atoms with E-state index in [0.29, 0.717) is 42.2 Å². The molecule has 6 heteroatoms. The highest BCUT2D eigenvalue weighted by molar-refractivity contribution is 5.98. The van der Waals surface area contributed by atoms with Crippen LogP contribution in [0.25, 0.3) is 0 Å². The molecular weight excluding hydrogens is 328 g/mol. The lowest BCUT2D eigenvalue weighted by molar-refractivity contribution is 0.0664. The summed E-state index contributed by atoms with van der Waals surface area (Å²) in [7, 11) is 0. The highest BCUT2D eigenvalue weighted by Crippen LogP contribution is 2.35. The highest BCUT2D eigenvalue weighted by atomic mass is 35.5. The van der Waals surface area contributed by atoms with E-state index in [1.54, 1.807) is 0 Å². The number of piperidine rings is 1. The van der Waals surface area contributed by atoms with Gasteiger partial charge in [-0.2, -0.15) is 0 Å². The SMILES string of the molecule is Cl.O=C(c1cccc2c1OCCO2)N1CCC(C2CCCN2)CC1. The highest BCUT2D eigenvalue weighted by Gasteiger charge is 2.31. The summed E-state index contributed by atoms with van der Waals surface area (Å²) in [5.41, 5.74) is 0.639. The van der Waals surface area contributed by atoms with Crippen molar-refractivity contribution in [1.29, 1.82) is 0 Å². The Morgan fingerprint density at radius 3 is 2.67 bits per heavy atom. The number of amides is 1. The number of fused-ring (bicyclic) bond motifs is 1. The largest absolute Gasteiger partial charge is 0.486 e. The van der Waals surface area contributed by atoms with Crippen LogP contribution in [-0.2, 0) is 0 Å². The van der Waals surface area contributed by atoms with Gasteiger partial charge < -0.3 is 19.7 Å². The van der Waals surface area contributed by atoms with Crippen LogP contribution in [0.2, 0.25) is 0 Å². The zero-order valence-electron chi connectivity index (χ0n) is 13.8. The molecule has 1 unspecified atom stereocenters. The molecule has 3 aliphatic rings. The van der Waals surface area contributed by atoms with Crippen LogP contribution in [-0.4, -0.2) is 49.7 Å². The predicted octanol–water partition coefficient (Wildman–Crippen LogP) is 2.48. The molecule has 3 heterocycles. The van der Waals surface area contributed by atoms with Crippen molar-refractivity contribution in [1.82, 2.24) is 10.2 Å². The Morgan fingerprint density at radius 2 is 1.92 bits per heavy atom. The molecule has 2 fully saturated rings. The Morgan fingerprint density at radius 1 is 1.12 bits per heavy atom. The van der Waals surface area contributed by atoms with E-state index in [1.807, 2.05) is 23.1 Å². The Balaban J connectivity index is 0.00000169. The summed E-state index contributed by atoms with van der Waals surface area (Å²) in [6.07, 6.45) is 4.76. The summed E-state index contributed by atoms with van der Waals surface area (Å²) < 4.78 is 11.3. The molecule has 1 amide bonds. The number of nitrogens with one attached hydrogen (secondary N) is 1. The summed E-state index contributed by atoms with van der Waals surface area (Å²) in [4.78, 5) is 14.8. The Kier molecular flexibility index (Phi) is 5.51. The van der Waals surface area contributed by atoms with Gasteiger partial charge in [0.05, 0.1) is 5.56 Å². The molecule has 1 atom stereocenters. The molecule has 1 aromatic rings. The molecule has 0 radical (unpaired) electrons. The van der Waals surface area contributed by atoms with Gasteiger partial charge in [0.15, 0.2) is 11.5 Å². The van der Waals surface area contributed by atoms with Gasteiger partial charge in [0, 0.05) is 19.1 Å². The maximum Gasteiger partial charge on any atom is 0.257 e. The molecule has 5 nitrogen and oxygen atoms in total. The first-order valence-electron chi connectivity index (χ1n) is 8.74. The van der Waals surface area contributed by atoms with Gasteiger partial charge in [-0.3, -0.25) is 4.79 Å². The second kappa shape index (κ2) is 7.62. The number of rotatable bonds is 2. The predicted molar refractivity (Wildman–Crippen MR) is 94.3 cm³/mol. The number of carbonyl (C=O) groups excluding carboxylic acids is 1. The van der Waals surface area contributed by atoms with Crippen LogP contribution in [0.1, 0.15) is 36.0 Å². The van der Waals surface area contributed by atoms with E-state index in [2.05, 4.69) is 5.32 Å². The number of halogens is 1. The molecule has 132 valence electrons. The quantitative estimate of drug-likeness (QED) is 0.888. The molecule has 0 aromatic heterocycles. The van der Waals surface area contributed by atoms with Crippen molar-refractivity contribution in [2.75, 3.05) is 32.8 Å². The smallest absolute Gasteiger partial charge is 0.257 e. The van der Waals surface area contributed by atoms with Gasteiger partial charge in [0.25, 0.3) is 5.91 Å². The normalized spacial score (nSPS) is 23.7. The van der Waals surface area contributed by atoms with Gasteiger partial charge in [-0.25, -0.2) is 0 Å². The van der Waals surface area contributed by atoms with Crippen LogP contribution in [0.15, 0.2) is 18.2 Å². The molecule has 1 N–H and O–H groups in total. The third-order valence-electron chi connectivity index (χ3n) is 5.29. The fourth-order valence-electron chi connectivity index (χ4n) is 4.03. The molecule has 0 saturated carbocycles. The van der Waals surface area contributed by atoms with Gasteiger partial charge in [-0.1, -0.05) is 6.07 Å². The maximum atomic E-state index is 12.9. The van der Waals surface area contributed by atoms with Gasteiger partial charge in [0.2, 0.25) is 0 Å². The fourth-order valence-corrected chi connectivity index (χ4v) is 4.03. The average molecular weight is 353 g/mol. The second-order valence-electron chi connectivity index (χ2n) is 6.66. The summed E-state index contributed by atoms with van der Waals surface area (Å²) >= 11 is 0. The fraction of sp³-hybridized carbons (Fsp3) is 0.611. The number of para-hydroxylation sites is 1. The van der Waals surface area contributed by atoms with E-state index >= 15 is 0 Å². The molecular formula is C18H25ClN2O3. The molecule has 24 heavy (non-hydrogen) atoms. The number of hydrogen-bond donors (Lipinski definition) is 1. The van der Waals surface area contributed by atoms with Crippen LogP contribution >= 0.6 is 12.4 Å². The van der Waals surface area contributed by atoms with Gasteiger partial charge >= 0.3 is 0 Å². The van der Waals surface area contributed by atoms with E-state index in [9.17, 15) is 4.79 Å². The lowest BCUT2D eigenvalue weighted by Crippen LogP contribution is -2.43. The summed E-state index contributed by atoms with van der Waals surface area (Å²) in [6.45, 7) is 3.88. The summed E-state index contributed by atoms with van der Waals surface area (Å²) in [6, 6.07) is 6.24. The minimum atomic E-state index is 0. The van der Waals surface area contributed by atoms with Crippen LogP contribution < -0.4 is 14.8 Å². The van der Waals surface area contributed by atoms with Crippen molar-refractivity contribution in [2.45, 2.75) is 31.7 Å². The van der Waals surface area contributed by atoms with Gasteiger partial charge in [-0.05, 0) is 50.3 Å². The zero-order valence-corrected chi connectivity index (χ0v) is 14.6. The van der Waals surface area contributed by atoms with E-state index < -0.39 is 0 Å². The van der Waals surface area contributed by atoms with Crippen LogP contribution in [0.5, 0.6) is 11.5 Å². The van der Waals surface area contributed by atoms with Gasteiger partial charge in [-0.15, -0.1) is 12.4 Å². The topological polar surface area (TPSA) is 50.8 Å². The average Bonchev–Trinajstić information content (AvgIpc) is 3.15. The number of benzene rings is 1. The van der Waals surface area contributed by atoms with Crippen molar-refractivity contribution < 1.29 is 14.3 Å². The number of hydrogen-bond acceptors (Lipinski definition) is 4. The number of carbonyl (C=O) groups is 1. The van der Waals surface area contributed by atoms with Crippen molar-refractivity contribution in [2.24, 2.45) is 5.92 Å². The molecule has 2 saturated heterocycles. The number of likely N-dealkylation sites (tertiary alicyclic amines) is 1. The first-order chi connectivity index (χ1) is 11.3. The Hall–Kier alpha value is -1.46. The van der Waals surface area contributed by atoms with Crippen LogP contribution in [0.4, 0.5) is 0 Å². The van der Waals surface area contributed by atoms with Gasteiger partial charge in [0.1, 0.15) is 13.2 Å². The summed E-state index contributed by atoms with van der Waals surface area (Å²) in [5.74, 6) is 2.09. The van der Waals surface area contributed by atoms with E-state index in [4.69, 9.17) is 9.47 Å². The standard InChI is InChI=1S/C18H24N2O3.ClH/c21-18(14-3-1-5-16-17(14)23-12-11-22-16)20-9-6-13(7-10-20)15-4-2-8-19-15;/h1,3,5,13,15,19H,2,4,6-12H2;1H. The first kappa shape index (κ1) is 17.4. The molecule has 0 spiro atoms. The molecule has 3 aliphatic heterocycles. The van der Waals surface area contributed by atoms with Crippen molar-refractivity contribution in [3.63, 3.8) is 0 Å². The minimum Gasteiger partial charge on any atom is -0.486 e. The third kappa shape index (κ3) is 3.33. The molecule has 4 rings (SSSR count). The summed E-state index contributed by atoms with van der Waals surface area (Å²) in [5, 5.41) is 3.60. The van der Waals surface area contributed by atoms with Crippen molar-refractivity contribution >= 4 is 18.3 Å². The molecule has 1 aromatic carbocycles. The van der Waals surface area contributed by atoms with Crippen LogP contribution in [0.3, 0.4) is 0 Å². The van der Waals surface area contributed by atoms with E-state index in [1.165, 1.54) is 12.8 Å². The van der Waals surface area contributed by atoms with Crippen LogP contribution in [0, 0.1) is 5.92 Å². The number of ether oxygens (including phenoxy) is 2.